The summed E-state index contributed by atoms with van der Waals surface area (Å²) in [4.78, 5) is 1.61. The normalized spacial score (nSPS) is 14.9. The predicted octanol–water partition coefficient (Wildman–Crippen LogP) is 3.38. The van der Waals surface area contributed by atoms with Crippen molar-refractivity contribution in [1.82, 2.24) is 0 Å². The molecular formula is C16H14F3NO2S. The van der Waals surface area contributed by atoms with Gasteiger partial charge in [0.1, 0.15) is 5.82 Å². The zero-order valence-corrected chi connectivity index (χ0v) is 12.9. The zero-order chi connectivity index (χ0) is 16.6. The van der Waals surface area contributed by atoms with E-state index in [-0.39, 0.29) is 5.82 Å². The highest BCUT2D eigenvalue weighted by atomic mass is 32.2. The molecule has 0 N–H and O–H groups in total. The third-order valence-electron chi connectivity index (χ3n) is 3.95. The first-order valence-corrected chi connectivity index (χ1v) is 8.57. The van der Waals surface area contributed by atoms with Crippen LogP contribution < -0.4 is 4.90 Å². The minimum Gasteiger partial charge on any atom is -0.367 e. The van der Waals surface area contributed by atoms with E-state index in [1.165, 1.54) is 36.4 Å². The van der Waals surface area contributed by atoms with Crippen molar-refractivity contribution < 1.29 is 21.6 Å². The van der Waals surface area contributed by atoms with Gasteiger partial charge in [0.2, 0.25) is 9.84 Å². The summed E-state index contributed by atoms with van der Waals surface area (Å²) in [6.45, 7) is 1.22. The largest absolute Gasteiger partial charge is 0.367 e. The second kappa shape index (κ2) is 5.88. The number of nitrogens with zero attached hydrogens (tertiary/aromatic N) is 1. The SMILES string of the molecule is O=S(=O)(c1ccc(N2CCc3cc(F)ccc3C2)cc1)C(F)F. The lowest BCUT2D eigenvalue weighted by atomic mass is 9.99. The first-order valence-electron chi connectivity index (χ1n) is 7.02. The maximum absolute atomic E-state index is 13.2. The Morgan fingerprint density at radius 3 is 2.35 bits per heavy atom. The Hall–Kier alpha value is -2.02. The smallest absolute Gasteiger partial charge is 0.341 e. The third-order valence-corrected chi connectivity index (χ3v) is 5.34. The second-order valence-electron chi connectivity index (χ2n) is 5.38. The number of hydrogen-bond acceptors (Lipinski definition) is 3. The number of anilines is 1. The minimum atomic E-state index is -4.57. The van der Waals surface area contributed by atoms with Crippen molar-refractivity contribution in [2.75, 3.05) is 11.4 Å². The Balaban J connectivity index is 1.83. The van der Waals surface area contributed by atoms with Gasteiger partial charge in [-0.2, -0.15) is 8.78 Å². The molecule has 3 nitrogen and oxygen atoms in total. The zero-order valence-electron chi connectivity index (χ0n) is 12.0. The summed E-state index contributed by atoms with van der Waals surface area (Å²) in [5, 5.41) is 0. The second-order valence-corrected chi connectivity index (χ2v) is 7.30. The van der Waals surface area contributed by atoms with Crippen LogP contribution in [0, 0.1) is 5.82 Å². The summed E-state index contributed by atoms with van der Waals surface area (Å²) in [5.41, 5.74) is 2.70. The van der Waals surface area contributed by atoms with Crippen LogP contribution in [0.3, 0.4) is 0 Å². The van der Waals surface area contributed by atoms with Crippen LogP contribution in [0.1, 0.15) is 11.1 Å². The molecule has 2 aromatic carbocycles. The summed E-state index contributed by atoms with van der Waals surface area (Å²) in [6.07, 6.45) is 0.671. The molecular weight excluding hydrogens is 327 g/mol. The summed E-state index contributed by atoms with van der Waals surface area (Å²) in [6, 6.07) is 10.1. The van der Waals surface area contributed by atoms with Gasteiger partial charge in [-0.15, -0.1) is 0 Å². The molecule has 0 aromatic heterocycles. The van der Waals surface area contributed by atoms with Gasteiger partial charge in [-0.25, -0.2) is 12.8 Å². The summed E-state index contributed by atoms with van der Waals surface area (Å²) in [7, 11) is -4.57. The van der Waals surface area contributed by atoms with Crippen molar-refractivity contribution in [3.8, 4) is 0 Å². The fraction of sp³-hybridized carbons (Fsp3) is 0.250. The van der Waals surface area contributed by atoms with Crippen LogP contribution in [0.2, 0.25) is 0 Å². The van der Waals surface area contributed by atoms with E-state index in [0.717, 1.165) is 16.8 Å². The average molecular weight is 341 g/mol. The first kappa shape index (κ1) is 15.9. The van der Waals surface area contributed by atoms with E-state index in [4.69, 9.17) is 0 Å². The standard InChI is InChI=1S/C16H14F3NO2S/c17-13-2-1-12-10-20(8-7-11(12)9-13)14-3-5-15(6-4-14)23(21,22)16(18)19/h1-6,9,16H,7-8,10H2. The molecule has 1 aliphatic heterocycles. The van der Waals surface area contributed by atoms with Gasteiger partial charge in [-0.1, -0.05) is 6.07 Å². The van der Waals surface area contributed by atoms with E-state index in [1.807, 2.05) is 4.90 Å². The molecule has 3 rings (SSSR count). The molecule has 0 atom stereocenters. The highest BCUT2D eigenvalue weighted by Gasteiger charge is 2.26. The number of rotatable bonds is 3. The van der Waals surface area contributed by atoms with Crippen LogP contribution in [-0.4, -0.2) is 20.7 Å². The van der Waals surface area contributed by atoms with E-state index in [2.05, 4.69) is 0 Å². The van der Waals surface area contributed by atoms with E-state index in [9.17, 15) is 21.6 Å². The molecule has 1 heterocycles. The van der Waals surface area contributed by atoms with Gasteiger partial charge in [-0.05, 0) is 53.9 Å². The fourth-order valence-corrected chi connectivity index (χ4v) is 3.41. The molecule has 0 saturated carbocycles. The predicted molar refractivity (Wildman–Crippen MR) is 80.8 cm³/mol. The monoisotopic (exact) mass is 341 g/mol. The Labute approximate surface area is 132 Å². The quantitative estimate of drug-likeness (QED) is 0.859. The van der Waals surface area contributed by atoms with Crippen molar-refractivity contribution in [2.24, 2.45) is 0 Å². The van der Waals surface area contributed by atoms with Crippen molar-refractivity contribution in [3.63, 3.8) is 0 Å². The number of fused-ring (bicyclic) bond motifs is 1. The third kappa shape index (κ3) is 3.06. The molecule has 0 spiro atoms. The van der Waals surface area contributed by atoms with Gasteiger partial charge >= 0.3 is 5.76 Å². The van der Waals surface area contributed by atoms with Crippen LogP contribution in [0.25, 0.3) is 0 Å². The van der Waals surface area contributed by atoms with E-state index < -0.39 is 20.5 Å². The Morgan fingerprint density at radius 2 is 1.70 bits per heavy atom. The molecule has 0 unspecified atom stereocenters. The number of benzene rings is 2. The minimum absolute atomic E-state index is 0.265. The molecule has 0 radical (unpaired) electrons. The van der Waals surface area contributed by atoms with E-state index in [1.54, 1.807) is 6.07 Å². The van der Waals surface area contributed by atoms with Gasteiger partial charge in [0.15, 0.2) is 0 Å². The van der Waals surface area contributed by atoms with Crippen molar-refractivity contribution >= 4 is 15.5 Å². The maximum Gasteiger partial charge on any atom is 0.341 e. The molecule has 0 amide bonds. The molecule has 0 fully saturated rings. The molecule has 1 aliphatic rings. The van der Waals surface area contributed by atoms with Crippen LogP contribution in [-0.2, 0) is 22.8 Å². The van der Waals surface area contributed by atoms with Gasteiger partial charge in [0.25, 0.3) is 0 Å². The number of hydrogen-bond donors (Lipinski definition) is 0. The molecule has 122 valence electrons. The van der Waals surface area contributed by atoms with Crippen LogP contribution in [0.15, 0.2) is 47.4 Å². The van der Waals surface area contributed by atoms with E-state index >= 15 is 0 Å². The summed E-state index contributed by atoms with van der Waals surface area (Å²) >= 11 is 0. The van der Waals surface area contributed by atoms with Gasteiger partial charge in [0.05, 0.1) is 4.90 Å². The van der Waals surface area contributed by atoms with Crippen molar-refractivity contribution in [2.45, 2.75) is 23.6 Å². The van der Waals surface area contributed by atoms with Gasteiger partial charge < -0.3 is 4.90 Å². The fourth-order valence-electron chi connectivity index (χ4n) is 2.69. The molecule has 0 bridgehead atoms. The lowest BCUT2D eigenvalue weighted by Gasteiger charge is -2.30. The van der Waals surface area contributed by atoms with Crippen molar-refractivity contribution in [3.05, 3.63) is 59.4 Å². The van der Waals surface area contributed by atoms with Crippen molar-refractivity contribution in [1.29, 1.82) is 0 Å². The summed E-state index contributed by atoms with van der Waals surface area (Å²) in [5.74, 6) is -3.69. The van der Waals surface area contributed by atoms with Gasteiger partial charge in [0, 0.05) is 18.8 Å². The van der Waals surface area contributed by atoms with Crippen LogP contribution >= 0.6 is 0 Å². The lowest BCUT2D eigenvalue weighted by Crippen LogP contribution is -2.30. The first-order chi connectivity index (χ1) is 10.9. The average Bonchev–Trinajstić information content (AvgIpc) is 2.54. The Morgan fingerprint density at radius 1 is 1.00 bits per heavy atom. The lowest BCUT2D eigenvalue weighted by molar-refractivity contribution is 0.234. The number of sulfone groups is 1. The summed E-state index contributed by atoms with van der Waals surface area (Å²) < 4.78 is 61.1. The maximum atomic E-state index is 13.2. The molecule has 7 heteroatoms. The highest BCUT2D eigenvalue weighted by Crippen LogP contribution is 2.27. The van der Waals surface area contributed by atoms with Crippen LogP contribution in [0.4, 0.5) is 18.9 Å². The van der Waals surface area contributed by atoms with Crippen LogP contribution in [0.5, 0.6) is 0 Å². The molecule has 0 saturated heterocycles. The van der Waals surface area contributed by atoms with E-state index in [0.29, 0.717) is 19.5 Å². The molecule has 0 aliphatic carbocycles. The van der Waals surface area contributed by atoms with Gasteiger partial charge in [-0.3, -0.25) is 0 Å². The molecule has 23 heavy (non-hydrogen) atoms. The Kier molecular flexibility index (Phi) is 4.06. The number of alkyl halides is 2. The topological polar surface area (TPSA) is 37.4 Å². The Bertz CT molecular complexity index is 820. The molecule has 2 aromatic rings. The highest BCUT2D eigenvalue weighted by molar-refractivity contribution is 7.91. The number of halogens is 3.